The Balaban J connectivity index is 2.10. The van der Waals surface area contributed by atoms with Gasteiger partial charge < -0.3 is 0 Å². The SMILES string of the molecule is CCCCCC#CC(=Nc1ccccc1CCC#CCCCCCCCC)C(CCCCCCCCCCCCCCCCCCCCCCCCC)=[N+]([Ni])c1ccccc1CCC#CCCCCCCCC. The molecule has 0 aromatic heterocycles. The fourth-order valence-corrected chi connectivity index (χ4v) is 10.3. The molecule has 2 nitrogen and oxygen atoms in total. The van der Waals surface area contributed by atoms with Crippen LogP contribution in [0.1, 0.15) is 321 Å². The van der Waals surface area contributed by atoms with Crippen LogP contribution in [-0.4, -0.2) is 15.1 Å². The normalized spacial score (nSPS) is 11.7. The molecule has 0 aliphatic heterocycles. The van der Waals surface area contributed by atoms with Gasteiger partial charge in [0.2, 0.25) is 0 Å². The van der Waals surface area contributed by atoms with Gasteiger partial charge in [-0.15, -0.1) is 0 Å². The predicted molar refractivity (Wildman–Crippen MR) is 321 cm³/mol. The Morgan fingerprint density at radius 3 is 1.16 bits per heavy atom. The summed E-state index contributed by atoms with van der Waals surface area (Å²) < 4.78 is 2.08. The second-order valence-electron chi connectivity index (χ2n) is 21.4. The molecule has 0 aliphatic carbocycles. The van der Waals surface area contributed by atoms with E-state index in [0.29, 0.717) is 0 Å². The molecule has 0 saturated carbocycles. The monoisotopic (exact) mass is 1040 g/mol. The average Bonchev–Trinajstić information content (AvgIpc) is 3.41. The van der Waals surface area contributed by atoms with Crippen molar-refractivity contribution < 1.29 is 19.3 Å². The van der Waals surface area contributed by atoms with Crippen LogP contribution in [0.15, 0.2) is 53.5 Å². The quantitative estimate of drug-likeness (QED) is 0.0272. The second-order valence-corrected chi connectivity index (χ2v) is 21.9. The molecule has 3 heteroatoms. The molecule has 0 atom stereocenters. The van der Waals surface area contributed by atoms with E-state index in [0.717, 1.165) is 87.0 Å². The smallest absolute Gasteiger partial charge is 0.0654 e. The van der Waals surface area contributed by atoms with Crippen LogP contribution in [0.2, 0.25) is 0 Å². The van der Waals surface area contributed by atoms with E-state index < -0.39 is 0 Å². The topological polar surface area (TPSA) is 15.4 Å². The summed E-state index contributed by atoms with van der Waals surface area (Å²) >= 11 is 6.09. The zero-order chi connectivity index (χ0) is 52.2. The fourth-order valence-electron chi connectivity index (χ4n) is 9.88. The van der Waals surface area contributed by atoms with Crippen molar-refractivity contribution in [2.45, 2.75) is 323 Å². The first-order valence-electron chi connectivity index (χ1n) is 31.6. The van der Waals surface area contributed by atoms with E-state index in [4.69, 9.17) is 20.7 Å². The van der Waals surface area contributed by atoms with Crippen LogP contribution < -0.4 is 0 Å². The number of nitrogens with zero attached hydrogens (tertiary/aromatic N) is 2. The summed E-state index contributed by atoms with van der Waals surface area (Å²) in [6.07, 6.45) is 58.5. The van der Waals surface area contributed by atoms with E-state index in [1.165, 1.54) is 242 Å². The standard InChI is InChI=1S/C70H112N2.Ni/c1-5-9-13-17-20-23-26-27-28-29-30-31-32-33-34-35-36-37-38-41-44-48-52-64-70(72-68-62-56-54-60-66(68)58-50-47-43-40-25-22-19-15-11-7-3)69(63-51-45-16-12-8-4)71-67-61-55-53-59-65(67)57-49-46-42-39-24-21-18-14-10-6-2;/h53-56,59-62H,5-41,44-45,48-50,52,57-58,64H2,1-4H3;/q;+1. The first kappa shape index (κ1) is 66.1. The molecule has 0 amide bonds. The first-order chi connectivity index (χ1) is 36.2. The summed E-state index contributed by atoms with van der Waals surface area (Å²) in [5.41, 5.74) is 6.53. The number of hydrogen-bond acceptors (Lipinski definition) is 1. The van der Waals surface area contributed by atoms with Crippen LogP contribution in [0, 0.1) is 35.5 Å². The minimum atomic E-state index is 0.844. The molecular weight excluding hydrogens is 927 g/mol. The Labute approximate surface area is 462 Å². The van der Waals surface area contributed by atoms with E-state index >= 15 is 0 Å². The van der Waals surface area contributed by atoms with Crippen LogP contribution in [0.4, 0.5) is 11.4 Å². The minimum absolute atomic E-state index is 0.844. The van der Waals surface area contributed by atoms with Gasteiger partial charge in [-0.3, -0.25) is 0 Å². The molecule has 0 fully saturated rings. The molecule has 0 bridgehead atoms. The van der Waals surface area contributed by atoms with Crippen molar-refractivity contribution in [2.24, 2.45) is 4.99 Å². The number of para-hydroxylation sites is 2. The number of unbranched alkanes of at least 4 members (excludes halogenated alkanes) is 37. The van der Waals surface area contributed by atoms with Crippen molar-refractivity contribution in [3.05, 3.63) is 59.7 Å². The Hall–Kier alpha value is -3.05. The molecule has 2 rings (SSSR count). The zero-order valence-corrected chi connectivity index (χ0v) is 49.3. The molecule has 0 saturated heterocycles. The molecule has 0 unspecified atom stereocenters. The van der Waals surface area contributed by atoms with Gasteiger partial charge in [0.05, 0.1) is 0 Å². The fraction of sp³-hybridized carbons (Fsp3) is 0.714. The Kier molecular flexibility index (Phi) is 46.2. The van der Waals surface area contributed by atoms with Gasteiger partial charge in [0.15, 0.2) is 0 Å². The molecule has 411 valence electrons. The minimum Gasteiger partial charge on any atom is -0.0654 e. The van der Waals surface area contributed by atoms with E-state index in [9.17, 15) is 0 Å². The number of hydrogen-bond donors (Lipinski definition) is 0. The van der Waals surface area contributed by atoms with Gasteiger partial charge in [-0.1, -0.05) is 156 Å². The number of aliphatic imine (C=N–C) groups is 1. The van der Waals surface area contributed by atoms with E-state index in [1.54, 1.807) is 0 Å². The number of aryl methyl sites for hydroxylation is 2. The number of benzene rings is 2. The average molecular weight is 1040 g/mol. The Morgan fingerprint density at radius 2 is 0.699 bits per heavy atom. The van der Waals surface area contributed by atoms with Gasteiger partial charge in [0.25, 0.3) is 0 Å². The zero-order valence-electron chi connectivity index (χ0n) is 48.4. The van der Waals surface area contributed by atoms with E-state index in [1.807, 2.05) is 0 Å². The molecule has 2 aromatic carbocycles. The summed E-state index contributed by atoms with van der Waals surface area (Å²) in [5, 5.41) is 0. The molecular formula is C70H112N2Ni+. The molecule has 0 spiro atoms. The first-order valence-corrected chi connectivity index (χ1v) is 32.0. The molecule has 0 radical (unpaired) electrons. The maximum atomic E-state index is 6.09. The Bertz CT molecular complexity index is 1850. The molecule has 73 heavy (non-hydrogen) atoms. The maximum absolute atomic E-state index is 6.09. The van der Waals surface area contributed by atoms with Gasteiger partial charge in [-0.2, -0.15) is 0 Å². The van der Waals surface area contributed by atoms with Crippen LogP contribution in [0.5, 0.6) is 0 Å². The third kappa shape index (κ3) is 37.4. The third-order valence-corrected chi connectivity index (χ3v) is 15.1. The molecule has 0 N–H and O–H groups in total. The van der Waals surface area contributed by atoms with E-state index in [2.05, 4.69) is 115 Å². The molecule has 0 aliphatic rings. The molecule has 0 heterocycles. The predicted octanol–water partition coefficient (Wildman–Crippen LogP) is 22.3. The summed E-state index contributed by atoms with van der Waals surface area (Å²) in [6.45, 7) is 9.14. The Morgan fingerprint density at radius 1 is 0.370 bits per heavy atom. The third-order valence-electron chi connectivity index (χ3n) is 14.6. The van der Waals surface area contributed by atoms with Gasteiger partial charge in [0, 0.05) is 0 Å². The van der Waals surface area contributed by atoms with Gasteiger partial charge in [0.1, 0.15) is 0 Å². The van der Waals surface area contributed by atoms with Gasteiger partial charge in [-0.05, 0) is 0 Å². The number of rotatable bonds is 46. The van der Waals surface area contributed by atoms with Crippen molar-refractivity contribution in [1.82, 2.24) is 0 Å². The summed E-state index contributed by atoms with van der Waals surface area (Å²) in [4.78, 5) is 5.49. The van der Waals surface area contributed by atoms with Crippen LogP contribution in [-0.2, 0) is 28.5 Å². The molecule has 2 aromatic rings. The van der Waals surface area contributed by atoms with Crippen LogP contribution >= 0.6 is 0 Å². The van der Waals surface area contributed by atoms with E-state index in [-0.39, 0.29) is 0 Å². The van der Waals surface area contributed by atoms with Gasteiger partial charge >= 0.3 is 310 Å². The van der Waals surface area contributed by atoms with Crippen LogP contribution in [0.25, 0.3) is 0 Å². The summed E-state index contributed by atoms with van der Waals surface area (Å²) in [6, 6.07) is 17.4. The van der Waals surface area contributed by atoms with Crippen molar-refractivity contribution in [1.29, 1.82) is 0 Å². The summed E-state index contributed by atoms with van der Waals surface area (Å²) in [5.74, 6) is 21.2. The van der Waals surface area contributed by atoms with Crippen molar-refractivity contribution in [3.63, 3.8) is 0 Å². The van der Waals surface area contributed by atoms with Crippen molar-refractivity contribution in [3.8, 4) is 35.5 Å². The summed E-state index contributed by atoms with van der Waals surface area (Å²) in [7, 11) is 0. The van der Waals surface area contributed by atoms with Gasteiger partial charge in [-0.25, -0.2) is 0 Å². The van der Waals surface area contributed by atoms with Crippen LogP contribution in [0.3, 0.4) is 0 Å². The second kappa shape index (κ2) is 51.1. The van der Waals surface area contributed by atoms with Crippen molar-refractivity contribution >= 4 is 22.8 Å². The van der Waals surface area contributed by atoms with Crippen molar-refractivity contribution in [2.75, 3.05) is 0 Å².